The van der Waals surface area contributed by atoms with Crippen molar-refractivity contribution >= 4 is 5.91 Å². The maximum Gasteiger partial charge on any atom is 0.237 e. The molecule has 22 heavy (non-hydrogen) atoms. The van der Waals surface area contributed by atoms with E-state index in [1.165, 1.54) is 5.56 Å². The molecule has 4 nitrogen and oxygen atoms in total. The number of nitrogens with zero attached hydrogens (tertiary/aromatic N) is 1. The molecular weight excluding hydrogens is 274 g/mol. The van der Waals surface area contributed by atoms with Crippen LogP contribution in [-0.4, -0.2) is 42.5 Å². The molecule has 0 aromatic heterocycles. The van der Waals surface area contributed by atoms with Crippen molar-refractivity contribution in [2.75, 3.05) is 19.6 Å². The number of carbonyl (C=O) groups is 1. The highest BCUT2D eigenvalue weighted by Crippen LogP contribution is 2.24. The van der Waals surface area contributed by atoms with E-state index in [4.69, 9.17) is 0 Å². The Bertz CT molecular complexity index is 476. The van der Waals surface area contributed by atoms with Gasteiger partial charge in [0.25, 0.3) is 0 Å². The summed E-state index contributed by atoms with van der Waals surface area (Å²) in [4.78, 5) is 14.7. The molecule has 2 atom stereocenters. The summed E-state index contributed by atoms with van der Waals surface area (Å²) in [5.41, 5.74) is 1.38. The zero-order valence-corrected chi connectivity index (χ0v) is 13.4. The second-order valence-electron chi connectivity index (χ2n) is 6.55. The molecule has 120 valence electrons. The average Bonchev–Trinajstić information content (AvgIpc) is 3.10. The highest BCUT2D eigenvalue weighted by atomic mass is 16.2. The molecule has 2 fully saturated rings. The molecule has 2 aliphatic heterocycles. The first-order valence-electron chi connectivity index (χ1n) is 8.57. The standard InChI is InChI=1S/C18H27N3O/c1-14(15-6-3-2-4-7-15)21-12-9-16(10-13-21)20-18(22)17-8-5-11-19-17/h2-4,6-7,14,16-17,19H,5,8-13H2,1H3,(H,20,22). The molecule has 3 rings (SSSR count). The zero-order valence-electron chi connectivity index (χ0n) is 13.4. The summed E-state index contributed by atoms with van der Waals surface area (Å²) >= 11 is 0. The quantitative estimate of drug-likeness (QED) is 0.895. The Balaban J connectivity index is 1.47. The first-order valence-corrected chi connectivity index (χ1v) is 8.57. The van der Waals surface area contributed by atoms with Crippen molar-refractivity contribution in [2.24, 2.45) is 0 Å². The van der Waals surface area contributed by atoms with Crippen molar-refractivity contribution in [3.63, 3.8) is 0 Å². The van der Waals surface area contributed by atoms with Crippen LogP contribution in [0.2, 0.25) is 0 Å². The number of benzene rings is 1. The van der Waals surface area contributed by atoms with Crippen molar-refractivity contribution < 1.29 is 4.79 Å². The molecule has 0 aliphatic carbocycles. The van der Waals surface area contributed by atoms with Crippen LogP contribution in [-0.2, 0) is 4.79 Å². The predicted molar refractivity (Wildman–Crippen MR) is 88.6 cm³/mol. The number of nitrogens with one attached hydrogen (secondary N) is 2. The third-order valence-corrected chi connectivity index (χ3v) is 5.08. The van der Waals surface area contributed by atoms with E-state index in [0.29, 0.717) is 12.1 Å². The number of carbonyl (C=O) groups excluding carboxylic acids is 1. The summed E-state index contributed by atoms with van der Waals surface area (Å²) in [6, 6.07) is 11.5. The van der Waals surface area contributed by atoms with Gasteiger partial charge in [0.15, 0.2) is 0 Å². The van der Waals surface area contributed by atoms with Crippen molar-refractivity contribution in [1.82, 2.24) is 15.5 Å². The molecule has 0 saturated carbocycles. The minimum atomic E-state index is 0.0428. The van der Waals surface area contributed by atoms with E-state index >= 15 is 0 Å². The molecule has 1 aromatic rings. The molecule has 2 saturated heterocycles. The van der Waals surface area contributed by atoms with Gasteiger partial charge in [0.2, 0.25) is 5.91 Å². The van der Waals surface area contributed by atoms with Crippen LogP contribution in [0.5, 0.6) is 0 Å². The Morgan fingerprint density at radius 1 is 1.23 bits per heavy atom. The van der Waals surface area contributed by atoms with E-state index < -0.39 is 0 Å². The largest absolute Gasteiger partial charge is 0.352 e. The molecule has 1 aromatic carbocycles. The van der Waals surface area contributed by atoms with Crippen LogP contribution in [0.15, 0.2) is 30.3 Å². The normalized spacial score (nSPS) is 25.0. The molecule has 0 radical (unpaired) electrons. The number of hydrogen-bond acceptors (Lipinski definition) is 3. The van der Waals surface area contributed by atoms with E-state index in [1.807, 2.05) is 0 Å². The number of amides is 1. The van der Waals surface area contributed by atoms with Gasteiger partial charge in [-0.05, 0) is 44.7 Å². The van der Waals surface area contributed by atoms with E-state index in [9.17, 15) is 4.79 Å². The number of piperidine rings is 1. The number of likely N-dealkylation sites (tertiary alicyclic amines) is 1. The second kappa shape index (κ2) is 7.25. The van der Waals surface area contributed by atoms with Crippen LogP contribution in [0.25, 0.3) is 0 Å². The van der Waals surface area contributed by atoms with Gasteiger partial charge in [-0.2, -0.15) is 0 Å². The number of hydrogen-bond donors (Lipinski definition) is 2. The van der Waals surface area contributed by atoms with E-state index in [1.54, 1.807) is 0 Å². The average molecular weight is 301 g/mol. The van der Waals surface area contributed by atoms with Crippen molar-refractivity contribution in [3.8, 4) is 0 Å². The third-order valence-electron chi connectivity index (χ3n) is 5.08. The first-order chi connectivity index (χ1) is 10.7. The first kappa shape index (κ1) is 15.5. The summed E-state index contributed by atoms with van der Waals surface area (Å²) in [5, 5.41) is 6.50. The lowest BCUT2D eigenvalue weighted by atomic mass is 10.00. The lowest BCUT2D eigenvalue weighted by Crippen LogP contribution is -2.49. The minimum absolute atomic E-state index is 0.0428. The van der Waals surface area contributed by atoms with Gasteiger partial charge in [0, 0.05) is 25.2 Å². The van der Waals surface area contributed by atoms with E-state index in [2.05, 4.69) is 52.8 Å². The van der Waals surface area contributed by atoms with Gasteiger partial charge in [0.1, 0.15) is 0 Å². The molecule has 2 heterocycles. The lowest BCUT2D eigenvalue weighted by molar-refractivity contribution is -0.123. The van der Waals surface area contributed by atoms with Crippen LogP contribution in [0, 0.1) is 0 Å². The maximum absolute atomic E-state index is 12.2. The smallest absolute Gasteiger partial charge is 0.237 e. The SMILES string of the molecule is CC(c1ccccc1)N1CCC(NC(=O)C2CCCN2)CC1. The van der Waals surface area contributed by atoms with Crippen molar-refractivity contribution in [1.29, 1.82) is 0 Å². The van der Waals surface area contributed by atoms with Crippen LogP contribution >= 0.6 is 0 Å². The van der Waals surface area contributed by atoms with Crippen LogP contribution in [0.4, 0.5) is 0 Å². The Hall–Kier alpha value is -1.39. The Labute approximate surface area is 133 Å². The van der Waals surface area contributed by atoms with Gasteiger partial charge in [-0.15, -0.1) is 0 Å². The van der Waals surface area contributed by atoms with Gasteiger partial charge >= 0.3 is 0 Å². The molecule has 0 bridgehead atoms. The van der Waals surface area contributed by atoms with Gasteiger partial charge < -0.3 is 10.6 Å². The predicted octanol–water partition coefficient (Wildman–Crippen LogP) is 2.08. The zero-order chi connectivity index (χ0) is 15.4. The maximum atomic E-state index is 12.2. The molecule has 2 unspecified atom stereocenters. The summed E-state index contributed by atoms with van der Waals surface area (Å²) in [6.45, 7) is 5.36. The fraction of sp³-hybridized carbons (Fsp3) is 0.611. The molecule has 1 amide bonds. The highest BCUT2D eigenvalue weighted by Gasteiger charge is 2.27. The fourth-order valence-electron chi connectivity index (χ4n) is 3.58. The van der Waals surface area contributed by atoms with Crippen LogP contribution < -0.4 is 10.6 Å². The summed E-state index contributed by atoms with van der Waals surface area (Å²) in [5.74, 6) is 0.201. The highest BCUT2D eigenvalue weighted by molar-refractivity contribution is 5.82. The molecule has 0 spiro atoms. The Kier molecular flexibility index (Phi) is 5.11. The summed E-state index contributed by atoms with van der Waals surface area (Å²) < 4.78 is 0. The monoisotopic (exact) mass is 301 g/mol. The van der Waals surface area contributed by atoms with Gasteiger partial charge in [0.05, 0.1) is 6.04 Å². The van der Waals surface area contributed by atoms with Crippen LogP contribution in [0.1, 0.15) is 44.2 Å². The van der Waals surface area contributed by atoms with Crippen molar-refractivity contribution in [2.45, 2.75) is 50.7 Å². The fourth-order valence-corrected chi connectivity index (χ4v) is 3.58. The Morgan fingerprint density at radius 2 is 1.95 bits per heavy atom. The molecular formula is C18H27N3O. The Morgan fingerprint density at radius 3 is 2.59 bits per heavy atom. The summed E-state index contributed by atoms with van der Waals surface area (Å²) in [7, 11) is 0. The topological polar surface area (TPSA) is 44.4 Å². The van der Waals surface area contributed by atoms with E-state index in [-0.39, 0.29) is 11.9 Å². The molecule has 4 heteroatoms. The lowest BCUT2D eigenvalue weighted by Gasteiger charge is -2.36. The van der Waals surface area contributed by atoms with Gasteiger partial charge in [-0.1, -0.05) is 30.3 Å². The summed E-state index contributed by atoms with van der Waals surface area (Å²) in [6.07, 6.45) is 4.20. The van der Waals surface area contributed by atoms with Crippen LogP contribution in [0.3, 0.4) is 0 Å². The second-order valence-corrected chi connectivity index (χ2v) is 6.55. The van der Waals surface area contributed by atoms with E-state index in [0.717, 1.165) is 45.3 Å². The van der Waals surface area contributed by atoms with Crippen molar-refractivity contribution in [3.05, 3.63) is 35.9 Å². The molecule has 2 N–H and O–H groups in total. The third kappa shape index (κ3) is 3.68. The molecule has 2 aliphatic rings. The van der Waals surface area contributed by atoms with Gasteiger partial charge in [-0.3, -0.25) is 9.69 Å². The minimum Gasteiger partial charge on any atom is -0.352 e. The number of rotatable bonds is 4. The van der Waals surface area contributed by atoms with Gasteiger partial charge in [-0.25, -0.2) is 0 Å².